The summed E-state index contributed by atoms with van der Waals surface area (Å²) in [5.41, 5.74) is -1.64. The Hall–Kier alpha value is -2.24. The van der Waals surface area contributed by atoms with Gasteiger partial charge in [0.1, 0.15) is 16.3 Å². The highest BCUT2D eigenvalue weighted by atomic mass is 35.5. The maximum atomic E-state index is 13.6. The van der Waals surface area contributed by atoms with Crippen molar-refractivity contribution in [1.82, 2.24) is 19.3 Å². The maximum Gasteiger partial charge on any atom is 0.420 e. The molecule has 3 rings (SSSR count). The Kier molecular flexibility index (Phi) is 4.63. The van der Waals surface area contributed by atoms with E-state index in [1.807, 2.05) is 0 Å². The van der Waals surface area contributed by atoms with E-state index in [1.54, 1.807) is 0 Å². The van der Waals surface area contributed by atoms with Crippen molar-refractivity contribution >= 4 is 27.3 Å². The molecular formula is C14H9ClF4N4O2S. The minimum absolute atomic E-state index is 0.145. The summed E-state index contributed by atoms with van der Waals surface area (Å²) in [5, 5.41) is 6.77. The van der Waals surface area contributed by atoms with Crippen LogP contribution in [0.5, 0.6) is 0 Å². The lowest BCUT2D eigenvalue weighted by Crippen LogP contribution is -2.25. The normalized spacial score (nSPS) is 12.7. The molecule has 26 heavy (non-hydrogen) atoms. The third-order valence-corrected chi connectivity index (χ3v) is 5.04. The lowest BCUT2D eigenvalue weighted by atomic mass is 10.2. The van der Waals surface area contributed by atoms with Crippen molar-refractivity contribution in [3.05, 3.63) is 58.8 Å². The summed E-state index contributed by atoms with van der Waals surface area (Å²) in [6.07, 6.45) is -3.60. The van der Waals surface area contributed by atoms with Crippen molar-refractivity contribution in [2.24, 2.45) is 0 Å². The van der Waals surface area contributed by atoms with Gasteiger partial charge >= 0.3 is 6.18 Å². The van der Waals surface area contributed by atoms with E-state index in [-0.39, 0.29) is 10.8 Å². The molecule has 12 heteroatoms. The summed E-state index contributed by atoms with van der Waals surface area (Å²) in [4.78, 5) is -0.595. The molecule has 3 aromatic rings. The third-order valence-electron chi connectivity index (χ3n) is 3.39. The van der Waals surface area contributed by atoms with Crippen LogP contribution in [0.15, 0.2) is 41.4 Å². The van der Waals surface area contributed by atoms with Crippen molar-refractivity contribution in [2.45, 2.75) is 17.6 Å². The average molecular weight is 409 g/mol. The quantitative estimate of drug-likeness (QED) is 0.673. The topological polar surface area (TPSA) is 76.4 Å². The fraction of sp³-hybridized carbons (Fsp3) is 0.143. The predicted octanol–water partition coefficient (Wildman–Crippen LogP) is 3.02. The second-order valence-corrected chi connectivity index (χ2v) is 7.31. The Labute approximate surface area is 149 Å². The van der Waals surface area contributed by atoms with Gasteiger partial charge < -0.3 is 0 Å². The number of hydrogen-bond acceptors (Lipinski definition) is 4. The standard InChI is InChI=1S/C14H9ClF4N4O2S/c15-8-5-9(14(17,18)19)13-22-21-12(23(13)7-8)6-20-26(24,25)11-4-2-1-3-10(11)16/h1-5,7,20H,6H2. The van der Waals surface area contributed by atoms with Crippen LogP contribution in [-0.4, -0.2) is 23.0 Å². The van der Waals surface area contributed by atoms with Gasteiger partial charge in [-0.25, -0.2) is 17.5 Å². The molecule has 0 aliphatic heterocycles. The number of fused-ring (bicyclic) bond motifs is 1. The van der Waals surface area contributed by atoms with Gasteiger partial charge in [-0.3, -0.25) is 4.40 Å². The zero-order valence-corrected chi connectivity index (χ0v) is 14.2. The molecule has 0 spiro atoms. The third kappa shape index (κ3) is 3.50. The number of hydrogen-bond donors (Lipinski definition) is 1. The van der Waals surface area contributed by atoms with Crippen molar-refractivity contribution in [2.75, 3.05) is 0 Å². The number of sulfonamides is 1. The van der Waals surface area contributed by atoms with Crippen LogP contribution in [0.2, 0.25) is 5.02 Å². The Morgan fingerprint density at radius 3 is 2.54 bits per heavy atom. The highest BCUT2D eigenvalue weighted by molar-refractivity contribution is 7.89. The molecule has 1 N–H and O–H groups in total. The Morgan fingerprint density at radius 2 is 1.88 bits per heavy atom. The molecule has 0 atom stereocenters. The van der Waals surface area contributed by atoms with Gasteiger partial charge in [0.25, 0.3) is 0 Å². The van der Waals surface area contributed by atoms with Gasteiger partial charge in [-0.2, -0.15) is 13.2 Å². The molecule has 0 bridgehead atoms. The average Bonchev–Trinajstić information content (AvgIpc) is 2.94. The number of alkyl halides is 3. The van der Waals surface area contributed by atoms with Gasteiger partial charge in [-0.05, 0) is 18.2 Å². The second-order valence-electron chi connectivity index (χ2n) is 5.13. The molecule has 138 valence electrons. The lowest BCUT2D eigenvalue weighted by molar-refractivity contribution is -0.136. The van der Waals surface area contributed by atoms with Crippen LogP contribution in [0.3, 0.4) is 0 Å². The number of nitrogens with one attached hydrogen (secondary N) is 1. The minimum atomic E-state index is -4.72. The minimum Gasteiger partial charge on any atom is -0.283 e. The molecular weight excluding hydrogens is 400 g/mol. The Morgan fingerprint density at radius 1 is 1.19 bits per heavy atom. The van der Waals surface area contributed by atoms with E-state index >= 15 is 0 Å². The predicted molar refractivity (Wildman–Crippen MR) is 83.4 cm³/mol. The number of halogens is 5. The number of nitrogens with zero attached hydrogens (tertiary/aromatic N) is 3. The largest absolute Gasteiger partial charge is 0.420 e. The number of benzene rings is 1. The summed E-state index contributed by atoms with van der Waals surface area (Å²) >= 11 is 5.70. The Balaban J connectivity index is 1.96. The van der Waals surface area contributed by atoms with Crippen LogP contribution < -0.4 is 4.72 Å². The molecule has 0 saturated carbocycles. The van der Waals surface area contributed by atoms with Crippen LogP contribution >= 0.6 is 11.6 Å². The molecule has 0 aliphatic carbocycles. The van der Waals surface area contributed by atoms with Crippen molar-refractivity contribution < 1.29 is 26.0 Å². The van der Waals surface area contributed by atoms with Crippen molar-refractivity contribution in [3.63, 3.8) is 0 Å². The number of aromatic nitrogens is 3. The molecule has 2 heterocycles. The zero-order chi connectivity index (χ0) is 19.1. The zero-order valence-electron chi connectivity index (χ0n) is 12.6. The molecule has 0 fully saturated rings. The Bertz CT molecular complexity index is 1080. The molecule has 6 nitrogen and oxygen atoms in total. The first-order chi connectivity index (χ1) is 12.1. The lowest BCUT2D eigenvalue weighted by Gasteiger charge is -2.09. The first-order valence-electron chi connectivity index (χ1n) is 6.94. The van der Waals surface area contributed by atoms with E-state index in [1.165, 1.54) is 12.1 Å². The summed E-state index contributed by atoms with van der Waals surface area (Å²) < 4.78 is 80.1. The summed E-state index contributed by atoms with van der Waals surface area (Å²) in [5.74, 6) is -1.11. The smallest absolute Gasteiger partial charge is 0.283 e. The molecule has 0 radical (unpaired) electrons. The highest BCUT2D eigenvalue weighted by Gasteiger charge is 2.35. The SMILES string of the molecule is O=S(=O)(NCc1nnc2c(C(F)(F)F)cc(Cl)cn12)c1ccccc1F. The summed E-state index contributed by atoms with van der Waals surface area (Å²) in [6.45, 7) is -0.518. The van der Waals surface area contributed by atoms with Gasteiger partial charge in [0.15, 0.2) is 11.5 Å². The van der Waals surface area contributed by atoms with E-state index in [9.17, 15) is 26.0 Å². The summed E-state index contributed by atoms with van der Waals surface area (Å²) in [6, 6.07) is 5.37. The van der Waals surface area contributed by atoms with Gasteiger partial charge in [0, 0.05) is 6.20 Å². The van der Waals surface area contributed by atoms with E-state index in [2.05, 4.69) is 14.9 Å². The van der Waals surface area contributed by atoms with E-state index < -0.39 is 44.7 Å². The molecule has 0 unspecified atom stereocenters. The van der Waals surface area contributed by atoms with Gasteiger partial charge in [-0.1, -0.05) is 23.7 Å². The van der Waals surface area contributed by atoms with Crippen molar-refractivity contribution in [1.29, 1.82) is 0 Å². The van der Waals surface area contributed by atoms with Crippen LogP contribution in [0.25, 0.3) is 5.65 Å². The fourth-order valence-electron chi connectivity index (χ4n) is 2.24. The number of rotatable bonds is 4. The van der Waals surface area contributed by atoms with E-state index in [0.29, 0.717) is 6.07 Å². The van der Waals surface area contributed by atoms with E-state index in [4.69, 9.17) is 11.6 Å². The van der Waals surface area contributed by atoms with Gasteiger partial charge in [0.05, 0.1) is 11.6 Å². The molecule has 0 aliphatic rings. The summed E-state index contributed by atoms with van der Waals surface area (Å²) in [7, 11) is -4.25. The number of pyridine rings is 1. The molecule has 1 aromatic carbocycles. The molecule has 0 saturated heterocycles. The molecule has 0 amide bonds. The van der Waals surface area contributed by atoms with E-state index in [0.717, 1.165) is 22.7 Å². The highest BCUT2D eigenvalue weighted by Crippen LogP contribution is 2.33. The van der Waals surface area contributed by atoms with Crippen LogP contribution in [0, 0.1) is 5.82 Å². The maximum absolute atomic E-state index is 13.6. The second kappa shape index (κ2) is 6.49. The van der Waals surface area contributed by atoms with Crippen LogP contribution in [0.1, 0.15) is 11.4 Å². The van der Waals surface area contributed by atoms with Crippen molar-refractivity contribution in [3.8, 4) is 0 Å². The first-order valence-corrected chi connectivity index (χ1v) is 8.80. The monoisotopic (exact) mass is 408 g/mol. The van der Waals surface area contributed by atoms with Gasteiger partial charge in [0.2, 0.25) is 10.0 Å². The van der Waals surface area contributed by atoms with Crippen LogP contribution in [0.4, 0.5) is 17.6 Å². The fourth-order valence-corrected chi connectivity index (χ4v) is 3.50. The first kappa shape index (κ1) is 18.5. The van der Waals surface area contributed by atoms with Gasteiger partial charge in [-0.15, -0.1) is 10.2 Å². The van der Waals surface area contributed by atoms with Crippen LogP contribution in [-0.2, 0) is 22.7 Å². The molecule has 2 aromatic heterocycles.